The number of anilines is 1. The largest absolute Gasteiger partial charge is 0.364 e. The van der Waals surface area contributed by atoms with E-state index in [-0.39, 0.29) is 17.5 Å². The molecule has 5 nitrogen and oxygen atoms in total. The molecule has 5 heteroatoms. The van der Waals surface area contributed by atoms with Crippen molar-refractivity contribution >= 4 is 11.6 Å². The van der Waals surface area contributed by atoms with Crippen molar-refractivity contribution in [3.8, 4) is 11.1 Å². The highest BCUT2D eigenvalue weighted by atomic mass is 16.7. The second kappa shape index (κ2) is 6.11. The molecule has 0 aliphatic carbocycles. The van der Waals surface area contributed by atoms with Gasteiger partial charge in [-0.1, -0.05) is 49.4 Å². The lowest BCUT2D eigenvalue weighted by atomic mass is 9.85. The summed E-state index contributed by atoms with van der Waals surface area (Å²) in [5.74, 6) is -0.661. The molecule has 0 radical (unpaired) electrons. The van der Waals surface area contributed by atoms with Gasteiger partial charge in [-0.05, 0) is 31.0 Å². The molecule has 26 heavy (non-hydrogen) atoms. The van der Waals surface area contributed by atoms with Crippen molar-refractivity contribution in [2.75, 3.05) is 18.5 Å². The Morgan fingerprint density at radius 3 is 2.31 bits per heavy atom. The number of rotatable bonds is 2. The van der Waals surface area contributed by atoms with E-state index in [0.29, 0.717) is 18.8 Å². The zero-order valence-electron chi connectivity index (χ0n) is 15.3. The summed E-state index contributed by atoms with van der Waals surface area (Å²) >= 11 is 0. The van der Waals surface area contributed by atoms with Crippen molar-refractivity contribution in [2.24, 2.45) is 5.41 Å². The second-order valence-corrected chi connectivity index (χ2v) is 7.78. The van der Waals surface area contributed by atoms with Gasteiger partial charge in [-0.3, -0.25) is 4.79 Å². The van der Waals surface area contributed by atoms with E-state index in [1.165, 1.54) is 0 Å². The Bertz CT molecular complexity index is 822. The quantitative estimate of drug-likeness (QED) is 0.867. The third-order valence-corrected chi connectivity index (χ3v) is 5.15. The van der Waals surface area contributed by atoms with Crippen LogP contribution in [0.15, 0.2) is 48.5 Å². The number of carbonyl (C=O) groups is 1. The number of ether oxygens (including phenoxy) is 2. The fourth-order valence-corrected chi connectivity index (χ4v) is 3.45. The molecule has 0 aromatic heterocycles. The third kappa shape index (κ3) is 2.97. The summed E-state index contributed by atoms with van der Waals surface area (Å²) in [4.78, 5) is 13.0. The molecule has 1 fully saturated rings. The predicted octanol–water partition coefficient (Wildman–Crippen LogP) is 3.62. The van der Waals surface area contributed by atoms with Gasteiger partial charge >= 0.3 is 0 Å². The van der Waals surface area contributed by atoms with E-state index in [1.54, 1.807) is 0 Å². The number of fused-ring (bicyclic) bond motifs is 1. The minimum atomic E-state index is -0.587. The molecule has 2 aliphatic heterocycles. The van der Waals surface area contributed by atoms with Crippen LogP contribution in [0.1, 0.15) is 31.1 Å². The summed E-state index contributed by atoms with van der Waals surface area (Å²) in [5.41, 5.74) is 3.11. The third-order valence-electron chi connectivity index (χ3n) is 5.15. The molecule has 2 aromatic rings. The van der Waals surface area contributed by atoms with Gasteiger partial charge in [0.25, 0.3) is 5.91 Å². The molecule has 4 rings (SSSR count). The average molecular weight is 352 g/mol. The molecule has 1 saturated heterocycles. The van der Waals surface area contributed by atoms with Gasteiger partial charge in [-0.15, -0.1) is 0 Å². The van der Waals surface area contributed by atoms with Gasteiger partial charge in [0.15, 0.2) is 5.79 Å². The first kappa shape index (κ1) is 17.1. The van der Waals surface area contributed by atoms with Gasteiger partial charge in [0.2, 0.25) is 0 Å². The van der Waals surface area contributed by atoms with Crippen LogP contribution in [-0.4, -0.2) is 31.1 Å². The fourth-order valence-electron chi connectivity index (χ4n) is 3.45. The van der Waals surface area contributed by atoms with Gasteiger partial charge in [0, 0.05) is 5.69 Å². The highest BCUT2D eigenvalue weighted by molar-refractivity contribution is 6.07. The highest BCUT2D eigenvalue weighted by Crippen LogP contribution is 2.37. The van der Waals surface area contributed by atoms with Crippen molar-refractivity contribution < 1.29 is 14.3 Å². The molecular weight excluding hydrogens is 328 g/mol. The molecule has 2 aliphatic rings. The molecule has 0 saturated carbocycles. The smallest absolute Gasteiger partial charge is 0.255 e. The number of hydrogen-bond acceptors (Lipinski definition) is 4. The number of amides is 1. The molecule has 1 unspecified atom stereocenters. The van der Waals surface area contributed by atoms with Crippen molar-refractivity contribution in [1.82, 2.24) is 5.32 Å². The number of nitrogens with one attached hydrogen (secondary N) is 2. The van der Waals surface area contributed by atoms with E-state index in [0.717, 1.165) is 16.8 Å². The van der Waals surface area contributed by atoms with Crippen LogP contribution in [0.3, 0.4) is 0 Å². The van der Waals surface area contributed by atoms with Crippen LogP contribution in [-0.2, 0) is 9.47 Å². The number of hydrogen-bond donors (Lipinski definition) is 2. The van der Waals surface area contributed by atoms with E-state index in [4.69, 9.17) is 9.47 Å². The summed E-state index contributed by atoms with van der Waals surface area (Å²) in [7, 11) is 0. The summed E-state index contributed by atoms with van der Waals surface area (Å²) in [6.07, 6.45) is -0.260. The van der Waals surface area contributed by atoms with Crippen LogP contribution in [0.25, 0.3) is 11.1 Å². The fraction of sp³-hybridized carbons (Fsp3) is 0.381. The summed E-state index contributed by atoms with van der Waals surface area (Å²) < 4.78 is 11.7. The Morgan fingerprint density at radius 2 is 1.62 bits per heavy atom. The number of benzene rings is 2. The number of carbonyl (C=O) groups excluding carboxylic acids is 1. The zero-order chi connectivity index (χ0) is 18.4. The lowest BCUT2D eigenvalue weighted by molar-refractivity contribution is -0.285. The van der Waals surface area contributed by atoms with Crippen LogP contribution in [0.4, 0.5) is 5.69 Å². The maximum absolute atomic E-state index is 13.0. The van der Waals surface area contributed by atoms with Crippen molar-refractivity contribution in [3.63, 3.8) is 0 Å². The van der Waals surface area contributed by atoms with Crippen LogP contribution in [0, 0.1) is 5.41 Å². The summed E-state index contributed by atoms with van der Waals surface area (Å²) in [6, 6.07) is 15.9. The minimum Gasteiger partial charge on any atom is -0.364 e. The van der Waals surface area contributed by atoms with E-state index in [2.05, 4.69) is 17.6 Å². The van der Waals surface area contributed by atoms with E-state index >= 15 is 0 Å². The Balaban J connectivity index is 1.65. The Labute approximate surface area is 153 Å². The lowest BCUT2D eigenvalue weighted by Gasteiger charge is -2.47. The molecule has 0 bridgehead atoms. The molecule has 1 atom stereocenters. The summed E-state index contributed by atoms with van der Waals surface area (Å²) in [6.45, 7) is 6.88. The maximum atomic E-state index is 13.0. The van der Waals surface area contributed by atoms with Gasteiger partial charge in [-0.25, -0.2) is 0 Å². The molecule has 2 N–H and O–H groups in total. The molecule has 0 spiro atoms. The lowest BCUT2D eigenvalue weighted by Crippen LogP contribution is -2.61. The molecule has 1 amide bonds. The standard InChI is InChI=1S/C21H24N2O3/c1-20(2)25-12-21(3,13-26-20)19-22-16-11-7-10-15(17(16)18(24)23-19)14-8-5-4-6-9-14/h4-11,19,22H,12-13H2,1-3H3,(H,23,24). The predicted molar refractivity (Wildman–Crippen MR) is 101 cm³/mol. The molecular formula is C21H24N2O3. The molecule has 2 heterocycles. The van der Waals surface area contributed by atoms with Gasteiger partial charge in [-0.2, -0.15) is 0 Å². The minimum absolute atomic E-state index is 0.0748. The van der Waals surface area contributed by atoms with E-state index < -0.39 is 5.79 Å². The molecule has 136 valence electrons. The van der Waals surface area contributed by atoms with Crippen LogP contribution >= 0.6 is 0 Å². The van der Waals surface area contributed by atoms with Crippen molar-refractivity contribution in [2.45, 2.75) is 32.7 Å². The van der Waals surface area contributed by atoms with Gasteiger partial charge in [0.05, 0.1) is 24.2 Å². The van der Waals surface area contributed by atoms with Crippen molar-refractivity contribution in [3.05, 3.63) is 54.1 Å². The van der Waals surface area contributed by atoms with E-state index in [9.17, 15) is 4.79 Å². The normalized spacial score (nSPS) is 23.5. The Hall–Kier alpha value is -2.37. The Morgan fingerprint density at radius 1 is 0.923 bits per heavy atom. The average Bonchev–Trinajstić information content (AvgIpc) is 2.64. The SMILES string of the molecule is CC1(C)OCC(C)(C2NC(=O)c3c(cccc3-c3ccccc3)N2)CO1. The maximum Gasteiger partial charge on any atom is 0.255 e. The van der Waals surface area contributed by atoms with E-state index in [1.807, 2.05) is 62.4 Å². The zero-order valence-corrected chi connectivity index (χ0v) is 15.3. The monoisotopic (exact) mass is 352 g/mol. The first-order valence-electron chi connectivity index (χ1n) is 8.92. The van der Waals surface area contributed by atoms with Crippen molar-refractivity contribution in [1.29, 1.82) is 0 Å². The van der Waals surface area contributed by atoms with Crippen LogP contribution in [0.2, 0.25) is 0 Å². The summed E-state index contributed by atoms with van der Waals surface area (Å²) in [5, 5.41) is 6.59. The van der Waals surface area contributed by atoms with Crippen LogP contribution < -0.4 is 10.6 Å². The Kier molecular flexibility index (Phi) is 4.01. The molecule has 2 aromatic carbocycles. The first-order valence-corrected chi connectivity index (χ1v) is 8.92. The van der Waals surface area contributed by atoms with Gasteiger partial charge in [0.1, 0.15) is 6.17 Å². The second-order valence-electron chi connectivity index (χ2n) is 7.78. The topological polar surface area (TPSA) is 59.6 Å². The highest BCUT2D eigenvalue weighted by Gasteiger charge is 2.45. The van der Waals surface area contributed by atoms with Gasteiger partial charge < -0.3 is 20.1 Å². The van der Waals surface area contributed by atoms with Crippen LogP contribution in [0.5, 0.6) is 0 Å². The first-order chi connectivity index (χ1) is 12.4.